The van der Waals surface area contributed by atoms with Gasteiger partial charge >= 0.3 is 6.03 Å². The second-order valence-corrected chi connectivity index (χ2v) is 8.93. The molecule has 0 spiro atoms. The Balaban J connectivity index is 1.57. The Bertz CT molecular complexity index is 977. The molecule has 0 atom stereocenters. The molecule has 31 heavy (non-hydrogen) atoms. The highest BCUT2D eigenvalue weighted by Crippen LogP contribution is 2.15. The van der Waals surface area contributed by atoms with Crippen LogP contribution in [0.5, 0.6) is 0 Å². The van der Waals surface area contributed by atoms with Crippen LogP contribution >= 0.6 is 0 Å². The van der Waals surface area contributed by atoms with Crippen LogP contribution < -0.4 is 4.72 Å². The normalized spacial score (nSPS) is 14.5. The maximum Gasteiger partial charge on any atom is 0.320 e. The predicted molar refractivity (Wildman–Crippen MR) is 115 cm³/mol. The van der Waals surface area contributed by atoms with E-state index in [0.29, 0.717) is 50.6 Å². The van der Waals surface area contributed by atoms with Gasteiger partial charge in [-0.3, -0.25) is 4.79 Å². The molecule has 3 rings (SSSR count). The van der Waals surface area contributed by atoms with E-state index in [1.807, 2.05) is 13.8 Å². The molecule has 0 aliphatic carbocycles. The predicted octanol–water partition coefficient (Wildman–Crippen LogP) is 1.98. The molecule has 1 aliphatic rings. The molecule has 1 aromatic heterocycles. The number of furan rings is 1. The molecule has 0 saturated carbocycles. The molecule has 9 nitrogen and oxygen atoms in total. The number of benzene rings is 1. The Kier molecular flexibility index (Phi) is 7.34. The average Bonchev–Trinajstić information content (AvgIpc) is 3.32. The second-order valence-electron chi connectivity index (χ2n) is 7.16. The summed E-state index contributed by atoms with van der Waals surface area (Å²) in [5.41, 5.74) is 0.411. The zero-order valence-corrected chi connectivity index (χ0v) is 18.6. The van der Waals surface area contributed by atoms with Crippen molar-refractivity contribution in [3.8, 4) is 0 Å². The van der Waals surface area contributed by atoms with Crippen LogP contribution in [0.4, 0.5) is 4.79 Å². The molecular formula is C21H28N4O5S. The average molecular weight is 449 g/mol. The number of carbonyl (C=O) groups is 2. The van der Waals surface area contributed by atoms with Gasteiger partial charge < -0.3 is 19.1 Å². The maximum absolute atomic E-state index is 12.8. The Hall–Kier alpha value is -2.85. The van der Waals surface area contributed by atoms with Gasteiger partial charge in [0.15, 0.2) is 0 Å². The molecule has 0 radical (unpaired) electrons. The molecule has 1 N–H and O–H groups in total. The van der Waals surface area contributed by atoms with E-state index in [1.54, 1.807) is 26.8 Å². The number of amides is 3. The first-order chi connectivity index (χ1) is 14.9. The minimum atomic E-state index is -3.72. The molecule has 2 heterocycles. The van der Waals surface area contributed by atoms with E-state index < -0.39 is 10.0 Å². The monoisotopic (exact) mass is 448 g/mol. The molecule has 0 bridgehead atoms. The molecule has 1 aliphatic heterocycles. The van der Waals surface area contributed by atoms with Gasteiger partial charge in [-0.2, -0.15) is 0 Å². The zero-order chi connectivity index (χ0) is 22.4. The van der Waals surface area contributed by atoms with Crippen molar-refractivity contribution < 1.29 is 22.4 Å². The Labute approximate surface area is 182 Å². The molecule has 1 saturated heterocycles. The van der Waals surface area contributed by atoms with Gasteiger partial charge in [0.2, 0.25) is 10.0 Å². The number of piperazine rings is 1. The lowest BCUT2D eigenvalue weighted by Crippen LogP contribution is -2.54. The second kappa shape index (κ2) is 9.97. The number of urea groups is 1. The van der Waals surface area contributed by atoms with E-state index in [0.717, 1.165) is 0 Å². The van der Waals surface area contributed by atoms with Crippen LogP contribution in [0.25, 0.3) is 0 Å². The number of hydrogen-bond acceptors (Lipinski definition) is 5. The summed E-state index contributed by atoms with van der Waals surface area (Å²) >= 11 is 0. The number of rotatable bonds is 7. The van der Waals surface area contributed by atoms with Gasteiger partial charge in [0.1, 0.15) is 5.76 Å². The molecule has 168 valence electrons. The van der Waals surface area contributed by atoms with Crippen LogP contribution in [-0.4, -0.2) is 74.3 Å². The summed E-state index contributed by atoms with van der Waals surface area (Å²) in [4.78, 5) is 30.5. The molecule has 1 fully saturated rings. The van der Waals surface area contributed by atoms with Crippen molar-refractivity contribution in [3.63, 3.8) is 0 Å². The van der Waals surface area contributed by atoms with Gasteiger partial charge in [0.25, 0.3) is 5.91 Å². The molecule has 3 amide bonds. The Morgan fingerprint density at radius 3 is 2.16 bits per heavy atom. The van der Waals surface area contributed by atoms with Crippen molar-refractivity contribution in [1.29, 1.82) is 0 Å². The minimum absolute atomic E-state index is 0.00583. The van der Waals surface area contributed by atoms with Crippen molar-refractivity contribution in [3.05, 3.63) is 54.0 Å². The smallest absolute Gasteiger partial charge is 0.320 e. The lowest BCUT2D eigenvalue weighted by molar-refractivity contribution is 0.0641. The maximum atomic E-state index is 12.8. The van der Waals surface area contributed by atoms with E-state index in [-0.39, 0.29) is 23.4 Å². The third-order valence-corrected chi connectivity index (χ3v) is 6.72. The Morgan fingerprint density at radius 2 is 1.61 bits per heavy atom. The molecule has 1 aromatic carbocycles. The first-order valence-electron chi connectivity index (χ1n) is 10.3. The topological polar surface area (TPSA) is 103 Å². The summed E-state index contributed by atoms with van der Waals surface area (Å²) in [6.07, 6.45) is 1.48. The molecule has 10 heteroatoms. The largest absolute Gasteiger partial charge is 0.468 e. The van der Waals surface area contributed by atoms with Crippen molar-refractivity contribution in [1.82, 2.24) is 19.4 Å². The highest BCUT2D eigenvalue weighted by atomic mass is 32.2. The van der Waals surface area contributed by atoms with Crippen LogP contribution in [0.15, 0.2) is 52.0 Å². The van der Waals surface area contributed by atoms with Crippen LogP contribution in [0, 0.1) is 0 Å². The van der Waals surface area contributed by atoms with Gasteiger partial charge in [-0.05, 0) is 50.2 Å². The quantitative estimate of drug-likeness (QED) is 0.698. The van der Waals surface area contributed by atoms with Crippen molar-refractivity contribution in [2.75, 3.05) is 39.3 Å². The van der Waals surface area contributed by atoms with Crippen LogP contribution in [0.2, 0.25) is 0 Å². The van der Waals surface area contributed by atoms with Crippen molar-refractivity contribution >= 4 is 22.0 Å². The fourth-order valence-electron chi connectivity index (χ4n) is 3.42. The third-order valence-electron chi connectivity index (χ3n) is 5.30. The first-order valence-corrected chi connectivity index (χ1v) is 11.8. The number of carbonyl (C=O) groups excluding carboxylic acids is 2. The fourth-order valence-corrected chi connectivity index (χ4v) is 4.41. The van der Waals surface area contributed by atoms with Crippen LogP contribution in [-0.2, 0) is 16.6 Å². The van der Waals surface area contributed by atoms with E-state index in [2.05, 4.69) is 4.72 Å². The zero-order valence-electron chi connectivity index (χ0n) is 17.8. The van der Waals surface area contributed by atoms with Gasteiger partial charge in [-0.1, -0.05) is 0 Å². The minimum Gasteiger partial charge on any atom is -0.468 e. The highest BCUT2D eigenvalue weighted by Gasteiger charge is 2.27. The highest BCUT2D eigenvalue weighted by molar-refractivity contribution is 7.89. The van der Waals surface area contributed by atoms with E-state index in [9.17, 15) is 18.0 Å². The summed E-state index contributed by atoms with van der Waals surface area (Å²) in [6, 6.07) is 9.21. The lowest BCUT2D eigenvalue weighted by Gasteiger charge is -2.37. The van der Waals surface area contributed by atoms with Crippen molar-refractivity contribution in [2.24, 2.45) is 0 Å². The number of sulfonamides is 1. The SMILES string of the molecule is CCN(CC)C(=O)N1CCN(C(=O)c2ccc(S(=O)(=O)NCc3ccco3)cc2)CC1. The van der Waals surface area contributed by atoms with Gasteiger partial charge in [-0.25, -0.2) is 17.9 Å². The summed E-state index contributed by atoms with van der Waals surface area (Å²) < 4.78 is 32.4. The fraction of sp³-hybridized carbons (Fsp3) is 0.429. The number of nitrogens with one attached hydrogen (secondary N) is 1. The Morgan fingerprint density at radius 1 is 1.00 bits per heavy atom. The summed E-state index contributed by atoms with van der Waals surface area (Å²) in [5, 5.41) is 0. The summed E-state index contributed by atoms with van der Waals surface area (Å²) in [7, 11) is -3.72. The van der Waals surface area contributed by atoms with Crippen molar-refractivity contribution in [2.45, 2.75) is 25.3 Å². The standard InChI is InChI=1S/C21H28N4O5S/c1-3-23(4-2)21(27)25-13-11-24(12-14-25)20(26)17-7-9-19(10-8-17)31(28,29)22-16-18-6-5-15-30-18/h5-10,15,22H,3-4,11-14,16H2,1-2H3. The molecular weight excluding hydrogens is 420 g/mol. The van der Waals surface area contributed by atoms with Gasteiger partial charge in [0.05, 0.1) is 17.7 Å². The first kappa shape index (κ1) is 22.8. The van der Waals surface area contributed by atoms with E-state index >= 15 is 0 Å². The van der Waals surface area contributed by atoms with Crippen LogP contribution in [0.1, 0.15) is 30.0 Å². The molecule has 2 aromatic rings. The third kappa shape index (κ3) is 5.45. The number of nitrogens with zero attached hydrogens (tertiary/aromatic N) is 3. The lowest BCUT2D eigenvalue weighted by atomic mass is 10.2. The van der Waals surface area contributed by atoms with E-state index in [4.69, 9.17) is 4.42 Å². The van der Waals surface area contributed by atoms with Gasteiger partial charge in [-0.15, -0.1) is 0 Å². The molecule has 0 unspecified atom stereocenters. The summed E-state index contributed by atoms with van der Waals surface area (Å²) in [5.74, 6) is 0.330. The van der Waals surface area contributed by atoms with Crippen LogP contribution in [0.3, 0.4) is 0 Å². The number of hydrogen-bond donors (Lipinski definition) is 1. The van der Waals surface area contributed by atoms with Gasteiger partial charge in [0, 0.05) is 44.8 Å². The summed E-state index contributed by atoms with van der Waals surface area (Å²) in [6.45, 7) is 7.07. The van der Waals surface area contributed by atoms with E-state index in [1.165, 1.54) is 30.5 Å².